The van der Waals surface area contributed by atoms with Gasteiger partial charge in [-0.3, -0.25) is 0 Å². The van der Waals surface area contributed by atoms with Gasteiger partial charge in [-0.1, -0.05) is 25.8 Å². The predicted octanol–water partition coefficient (Wildman–Crippen LogP) is 3.62. The van der Waals surface area contributed by atoms with E-state index in [1.54, 1.807) is 0 Å². The molecule has 94 valence electrons. The molecule has 0 spiro atoms. The van der Waals surface area contributed by atoms with E-state index in [4.69, 9.17) is 0 Å². The Morgan fingerprint density at radius 1 is 1.00 bits per heavy atom. The van der Waals surface area contributed by atoms with Crippen LogP contribution in [0.3, 0.4) is 0 Å². The maximum atomic E-state index is 4.43. The van der Waals surface area contributed by atoms with E-state index in [1.807, 2.05) is 18.3 Å². The summed E-state index contributed by atoms with van der Waals surface area (Å²) in [4.78, 5) is 4.43. The Bertz CT molecular complexity index is 466. The van der Waals surface area contributed by atoms with Gasteiger partial charge in [0.05, 0.1) is 0 Å². The summed E-state index contributed by atoms with van der Waals surface area (Å²) in [6, 6.07) is 12.4. The van der Waals surface area contributed by atoms with Crippen LogP contribution in [-0.2, 0) is 6.54 Å². The highest BCUT2D eigenvalue weighted by Gasteiger charge is 2.11. The van der Waals surface area contributed by atoms with Crippen molar-refractivity contribution in [1.29, 1.82) is 0 Å². The molecule has 2 aromatic heterocycles. The van der Waals surface area contributed by atoms with Gasteiger partial charge in [0.1, 0.15) is 12.2 Å². The molecule has 0 unspecified atom stereocenters. The topological polar surface area (TPSA) is 16.8 Å². The lowest BCUT2D eigenvalue weighted by atomic mass is 10.2. The molecule has 0 aliphatic rings. The van der Waals surface area contributed by atoms with Crippen molar-refractivity contribution in [2.45, 2.75) is 39.2 Å². The molecule has 2 aromatic rings. The lowest BCUT2D eigenvalue weighted by Gasteiger charge is -2.03. The third-order valence-electron chi connectivity index (χ3n) is 3.12. The minimum atomic E-state index is 1.05. The predicted molar refractivity (Wildman–Crippen MR) is 74.0 cm³/mol. The largest absolute Gasteiger partial charge is 0.250 e. The molecule has 0 aromatic carbocycles. The number of hydrogen-bond donors (Lipinski definition) is 0. The summed E-state index contributed by atoms with van der Waals surface area (Å²) in [7, 11) is 0. The minimum Gasteiger partial charge on any atom is -0.250 e. The third-order valence-corrected chi connectivity index (χ3v) is 3.12. The van der Waals surface area contributed by atoms with Crippen molar-refractivity contribution in [3.63, 3.8) is 0 Å². The van der Waals surface area contributed by atoms with E-state index in [-0.39, 0.29) is 0 Å². The molecule has 2 heteroatoms. The molecule has 0 saturated carbocycles. The molecule has 0 aliphatic carbocycles. The van der Waals surface area contributed by atoms with Gasteiger partial charge in [0.15, 0.2) is 6.20 Å². The van der Waals surface area contributed by atoms with Crippen LogP contribution in [0.2, 0.25) is 0 Å². The van der Waals surface area contributed by atoms with Crippen LogP contribution in [0, 0.1) is 0 Å². The Hall–Kier alpha value is -1.70. The summed E-state index contributed by atoms with van der Waals surface area (Å²) < 4.78 is 2.30. The Kier molecular flexibility index (Phi) is 4.88. The maximum Gasteiger partial charge on any atom is 0.231 e. The zero-order valence-corrected chi connectivity index (χ0v) is 11.0. The summed E-state index contributed by atoms with van der Waals surface area (Å²) >= 11 is 0. The van der Waals surface area contributed by atoms with Gasteiger partial charge in [0.25, 0.3) is 0 Å². The van der Waals surface area contributed by atoms with Crippen LogP contribution in [0.1, 0.15) is 32.6 Å². The third kappa shape index (κ3) is 3.39. The summed E-state index contributed by atoms with van der Waals surface area (Å²) in [5.74, 6) is 0. The highest BCUT2D eigenvalue weighted by molar-refractivity contribution is 5.49. The number of unbranched alkanes of at least 4 members (excludes halogenated alkanes) is 3. The molecule has 0 saturated heterocycles. The molecule has 0 bridgehead atoms. The Balaban J connectivity index is 2.11. The van der Waals surface area contributed by atoms with Crippen LogP contribution in [0.4, 0.5) is 0 Å². The molecule has 18 heavy (non-hydrogen) atoms. The van der Waals surface area contributed by atoms with E-state index in [0.717, 1.165) is 12.2 Å². The molecule has 2 nitrogen and oxygen atoms in total. The van der Waals surface area contributed by atoms with Gasteiger partial charge in [-0.05, 0) is 24.6 Å². The summed E-state index contributed by atoms with van der Waals surface area (Å²) in [5.41, 5.74) is 2.25. The lowest BCUT2D eigenvalue weighted by molar-refractivity contribution is -0.686. The number of hydrogen-bond acceptors (Lipinski definition) is 1. The Morgan fingerprint density at radius 3 is 2.67 bits per heavy atom. The number of pyridine rings is 2. The molecule has 0 atom stereocenters. The van der Waals surface area contributed by atoms with Crippen molar-refractivity contribution in [2.24, 2.45) is 0 Å². The van der Waals surface area contributed by atoms with Gasteiger partial charge in [-0.2, -0.15) is 4.57 Å². The highest BCUT2D eigenvalue weighted by Crippen LogP contribution is 2.11. The van der Waals surface area contributed by atoms with Crippen LogP contribution in [0.5, 0.6) is 0 Å². The summed E-state index contributed by atoms with van der Waals surface area (Å²) in [6.45, 7) is 3.32. The molecule has 2 heterocycles. The van der Waals surface area contributed by atoms with Crippen LogP contribution in [0.25, 0.3) is 11.4 Å². The summed E-state index contributed by atoms with van der Waals surface area (Å²) in [5, 5.41) is 0. The SMILES string of the molecule is CCCCCC[n+]1ccccc1-c1ccccn1. The molecular weight excluding hydrogens is 220 g/mol. The second-order valence-electron chi connectivity index (χ2n) is 4.55. The fourth-order valence-electron chi connectivity index (χ4n) is 2.13. The summed E-state index contributed by atoms with van der Waals surface area (Å²) in [6.07, 6.45) is 9.15. The molecule has 0 fully saturated rings. The van der Waals surface area contributed by atoms with E-state index in [2.05, 4.69) is 46.9 Å². The van der Waals surface area contributed by atoms with Crippen LogP contribution < -0.4 is 4.57 Å². The molecule has 0 amide bonds. The van der Waals surface area contributed by atoms with Crippen molar-refractivity contribution in [2.75, 3.05) is 0 Å². The van der Waals surface area contributed by atoms with E-state index < -0.39 is 0 Å². The van der Waals surface area contributed by atoms with Crippen molar-refractivity contribution < 1.29 is 4.57 Å². The minimum absolute atomic E-state index is 1.05. The van der Waals surface area contributed by atoms with E-state index in [9.17, 15) is 0 Å². The van der Waals surface area contributed by atoms with Crippen LogP contribution in [0.15, 0.2) is 48.8 Å². The monoisotopic (exact) mass is 241 g/mol. The van der Waals surface area contributed by atoms with Crippen molar-refractivity contribution in [3.05, 3.63) is 48.8 Å². The van der Waals surface area contributed by atoms with Crippen LogP contribution in [-0.4, -0.2) is 4.98 Å². The van der Waals surface area contributed by atoms with Gasteiger partial charge in [0, 0.05) is 24.8 Å². The number of rotatable bonds is 6. The average Bonchev–Trinajstić information content (AvgIpc) is 2.45. The van der Waals surface area contributed by atoms with Gasteiger partial charge >= 0.3 is 0 Å². The number of nitrogens with zero attached hydrogens (tertiary/aromatic N) is 2. The van der Waals surface area contributed by atoms with Crippen molar-refractivity contribution in [3.8, 4) is 11.4 Å². The average molecular weight is 241 g/mol. The molecule has 0 aliphatic heterocycles. The molecule has 2 rings (SSSR count). The van der Waals surface area contributed by atoms with Gasteiger partial charge < -0.3 is 0 Å². The standard InChI is InChI=1S/C16H21N2/c1-2-3-4-8-13-18-14-9-6-11-16(18)15-10-5-7-12-17-15/h5-7,9-12,14H,2-4,8,13H2,1H3/q+1. The first kappa shape index (κ1) is 12.7. The number of aryl methyl sites for hydroxylation is 1. The Labute approximate surface area is 109 Å². The van der Waals surface area contributed by atoms with Crippen LogP contribution >= 0.6 is 0 Å². The van der Waals surface area contributed by atoms with Gasteiger partial charge in [-0.15, -0.1) is 0 Å². The first-order chi connectivity index (χ1) is 8.92. The quantitative estimate of drug-likeness (QED) is 0.557. The first-order valence-corrected chi connectivity index (χ1v) is 6.81. The van der Waals surface area contributed by atoms with Crippen molar-refractivity contribution >= 4 is 0 Å². The Morgan fingerprint density at radius 2 is 1.89 bits per heavy atom. The number of aromatic nitrogens is 2. The van der Waals surface area contributed by atoms with Gasteiger partial charge in [0.2, 0.25) is 5.69 Å². The van der Waals surface area contributed by atoms with E-state index in [1.165, 1.54) is 31.4 Å². The normalized spacial score (nSPS) is 10.5. The maximum absolute atomic E-state index is 4.43. The zero-order chi connectivity index (χ0) is 12.6. The smallest absolute Gasteiger partial charge is 0.231 e. The second kappa shape index (κ2) is 6.90. The second-order valence-corrected chi connectivity index (χ2v) is 4.55. The van der Waals surface area contributed by atoms with E-state index in [0.29, 0.717) is 0 Å². The molecule has 0 N–H and O–H groups in total. The highest BCUT2D eigenvalue weighted by atomic mass is 15.0. The fraction of sp³-hybridized carbons (Fsp3) is 0.375. The van der Waals surface area contributed by atoms with Crippen molar-refractivity contribution in [1.82, 2.24) is 4.98 Å². The van der Waals surface area contributed by atoms with E-state index >= 15 is 0 Å². The first-order valence-electron chi connectivity index (χ1n) is 6.81. The lowest BCUT2D eigenvalue weighted by Crippen LogP contribution is -2.35. The fourth-order valence-corrected chi connectivity index (χ4v) is 2.13. The van der Waals surface area contributed by atoms with Gasteiger partial charge in [-0.25, -0.2) is 4.98 Å². The zero-order valence-electron chi connectivity index (χ0n) is 11.0. The molecular formula is C16H21N2+. The molecule has 0 radical (unpaired) electrons.